The molecule has 0 fully saturated rings. The third kappa shape index (κ3) is 3.48. The van der Waals surface area contributed by atoms with Crippen LogP contribution in [0, 0.1) is 5.82 Å². The van der Waals surface area contributed by atoms with Crippen LogP contribution >= 0.6 is 27.3 Å². The van der Waals surface area contributed by atoms with Crippen molar-refractivity contribution in [1.82, 2.24) is 4.57 Å². The van der Waals surface area contributed by atoms with E-state index < -0.39 is 0 Å². The van der Waals surface area contributed by atoms with Gasteiger partial charge in [0.05, 0.1) is 22.4 Å². The van der Waals surface area contributed by atoms with Crippen LogP contribution in [0.15, 0.2) is 51.9 Å². The fourth-order valence-electron chi connectivity index (χ4n) is 2.31. The minimum Gasteiger partial charge on any atom is -0.383 e. The second-order valence-corrected chi connectivity index (χ2v) is 6.90. The first-order valence-corrected chi connectivity index (χ1v) is 8.82. The zero-order chi connectivity index (χ0) is 17.1. The maximum Gasteiger partial charge on any atom is 0.280 e. The minimum absolute atomic E-state index is 0.314. The molecule has 4 nitrogen and oxygen atoms in total. The lowest BCUT2D eigenvalue weighted by Gasteiger charge is -2.04. The van der Waals surface area contributed by atoms with E-state index in [2.05, 4.69) is 20.9 Å². The SMILES string of the molecule is COCCn1c(=NC(=O)c2ccccc2Br)sc2cc(F)ccc21. The van der Waals surface area contributed by atoms with Gasteiger partial charge >= 0.3 is 0 Å². The Hall–Kier alpha value is -1.83. The second-order valence-electron chi connectivity index (χ2n) is 5.04. The molecule has 0 aliphatic rings. The number of carbonyl (C=O) groups excluding carboxylic acids is 1. The van der Waals surface area contributed by atoms with Crippen molar-refractivity contribution < 1.29 is 13.9 Å². The molecule has 124 valence electrons. The summed E-state index contributed by atoms with van der Waals surface area (Å²) in [6.45, 7) is 1.00. The molecular weight excluding hydrogens is 395 g/mol. The predicted octanol–water partition coefficient (Wildman–Crippen LogP) is 3.99. The van der Waals surface area contributed by atoms with E-state index in [0.29, 0.717) is 28.0 Å². The number of hydrogen-bond donors (Lipinski definition) is 0. The number of halogens is 2. The highest BCUT2D eigenvalue weighted by Crippen LogP contribution is 2.20. The molecule has 0 aliphatic carbocycles. The van der Waals surface area contributed by atoms with Crippen LogP contribution < -0.4 is 4.80 Å². The van der Waals surface area contributed by atoms with Crippen LogP contribution in [0.25, 0.3) is 10.2 Å². The number of fused-ring (bicyclic) bond motifs is 1. The molecule has 0 bridgehead atoms. The summed E-state index contributed by atoms with van der Waals surface area (Å²) >= 11 is 4.64. The number of nitrogens with zero attached hydrogens (tertiary/aromatic N) is 2. The average molecular weight is 409 g/mol. The molecule has 3 aromatic rings. The highest BCUT2D eigenvalue weighted by atomic mass is 79.9. The van der Waals surface area contributed by atoms with Gasteiger partial charge in [0, 0.05) is 18.1 Å². The summed E-state index contributed by atoms with van der Waals surface area (Å²) in [6.07, 6.45) is 0. The van der Waals surface area contributed by atoms with Crippen molar-refractivity contribution in [3.63, 3.8) is 0 Å². The average Bonchev–Trinajstić information content (AvgIpc) is 2.89. The summed E-state index contributed by atoms with van der Waals surface area (Å²) in [4.78, 5) is 17.3. The topological polar surface area (TPSA) is 43.6 Å². The van der Waals surface area contributed by atoms with Crippen LogP contribution in [0.3, 0.4) is 0 Å². The first kappa shape index (κ1) is 17.0. The van der Waals surface area contributed by atoms with Crippen molar-refractivity contribution in [2.75, 3.05) is 13.7 Å². The summed E-state index contributed by atoms with van der Waals surface area (Å²) in [6, 6.07) is 11.7. The van der Waals surface area contributed by atoms with Crippen LogP contribution in [-0.4, -0.2) is 24.2 Å². The summed E-state index contributed by atoms with van der Waals surface area (Å²) < 4.78 is 21.9. The molecule has 1 aromatic heterocycles. The van der Waals surface area contributed by atoms with Crippen molar-refractivity contribution in [3.05, 3.63) is 63.1 Å². The van der Waals surface area contributed by atoms with Gasteiger partial charge in [-0.25, -0.2) is 4.39 Å². The molecule has 1 heterocycles. The number of rotatable bonds is 4. The zero-order valence-corrected chi connectivity index (χ0v) is 15.2. The lowest BCUT2D eigenvalue weighted by molar-refractivity contribution is 0.0996. The van der Waals surface area contributed by atoms with Gasteiger partial charge in [-0.2, -0.15) is 4.99 Å². The fourth-order valence-corrected chi connectivity index (χ4v) is 3.85. The van der Waals surface area contributed by atoms with Crippen LogP contribution in [-0.2, 0) is 11.3 Å². The molecule has 1 amide bonds. The molecule has 0 unspecified atom stereocenters. The molecule has 7 heteroatoms. The molecule has 0 radical (unpaired) electrons. The van der Waals surface area contributed by atoms with E-state index in [0.717, 1.165) is 10.2 Å². The highest BCUT2D eigenvalue weighted by Gasteiger charge is 2.11. The molecule has 0 spiro atoms. The fraction of sp³-hybridized carbons (Fsp3) is 0.176. The Morgan fingerprint density at radius 1 is 1.33 bits per heavy atom. The standard InChI is InChI=1S/C17H14BrFN2O2S/c1-23-9-8-21-14-7-6-11(19)10-15(14)24-17(21)20-16(22)12-4-2-3-5-13(12)18/h2-7,10H,8-9H2,1H3. The van der Waals surface area contributed by atoms with Gasteiger partial charge < -0.3 is 9.30 Å². The number of amides is 1. The van der Waals surface area contributed by atoms with E-state index in [1.807, 2.05) is 10.6 Å². The van der Waals surface area contributed by atoms with Crippen LogP contribution in [0.1, 0.15) is 10.4 Å². The Morgan fingerprint density at radius 2 is 2.12 bits per heavy atom. The largest absolute Gasteiger partial charge is 0.383 e. The molecular formula is C17H14BrFN2O2S. The summed E-state index contributed by atoms with van der Waals surface area (Å²) in [5, 5.41) is 0. The summed E-state index contributed by atoms with van der Waals surface area (Å²) in [5.74, 6) is -0.660. The molecule has 0 saturated heterocycles. The third-order valence-corrected chi connectivity index (χ3v) is 5.20. The first-order chi connectivity index (χ1) is 11.6. The Labute approximate surface area is 150 Å². The van der Waals surface area contributed by atoms with Gasteiger partial charge in [-0.3, -0.25) is 4.79 Å². The lowest BCUT2D eigenvalue weighted by Crippen LogP contribution is -2.19. The highest BCUT2D eigenvalue weighted by molar-refractivity contribution is 9.10. The van der Waals surface area contributed by atoms with Gasteiger partial charge in [0.25, 0.3) is 5.91 Å². The smallest absolute Gasteiger partial charge is 0.280 e. The number of benzene rings is 2. The van der Waals surface area contributed by atoms with Crippen molar-refractivity contribution in [2.24, 2.45) is 4.99 Å². The van der Waals surface area contributed by atoms with Crippen LogP contribution in [0.2, 0.25) is 0 Å². The normalized spacial score (nSPS) is 12.0. The molecule has 0 atom stereocenters. The number of carbonyl (C=O) groups is 1. The van der Waals surface area contributed by atoms with Crippen LogP contribution in [0.5, 0.6) is 0 Å². The third-order valence-electron chi connectivity index (χ3n) is 3.47. The molecule has 0 aliphatic heterocycles. The summed E-state index contributed by atoms with van der Waals surface area (Å²) in [5.41, 5.74) is 1.32. The van der Waals surface area contributed by atoms with Gasteiger partial charge in [-0.15, -0.1) is 0 Å². The maximum absolute atomic E-state index is 13.5. The second kappa shape index (κ2) is 7.38. The van der Waals surface area contributed by atoms with Gasteiger partial charge in [-0.1, -0.05) is 23.5 Å². The molecule has 2 aromatic carbocycles. The summed E-state index contributed by atoms with van der Waals surface area (Å²) in [7, 11) is 1.61. The number of hydrogen-bond acceptors (Lipinski definition) is 3. The number of thiazole rings is 1. The Morgan fingerprint density at radius 3 is 2.88 bits per heavy atom. The Kier molecular flexibility index (Phi) is 5.23. The van der Waals surface area contributed by atoms with Gasteiger partial charge in [0.15, 0.2) is 4.80 Å². The van der Waals surface area contributed by atoms with Crippen molar-refractivity contribution in [2.45, 2.75) is 6.54 Å². The molecule has 24 heavy (non-hydrogen) atoms. The molecule has 0 N–H and O–H groups in total. The van der Waals surface area contributed by atoms with Gasteiger partial charge in [-0.05, 0) is 46.3 Å². The van der Waals surface area contributed by atoms with E-state index in [4.69, 9.17) is 4.74 Å². The van der Waals surface area contributed by atoms with Crippen molar-refractivity contribution in [1.29, 1.82) is 0 Å². The van der Waals surface area contributed by atoms with E-state index in [1.54, 1.807) is 31.4 Å². The Balaban J connectivity index is 2.13. The van der Waals surface area contributed by atoms with Gasteiger partial charge in [0.1, 0.15) is 5.82 Å². The number of aromatic nitrogens is 1. The zero-order valence-electron chi connectivity index (χ0n) is 12.8. The monoisotopic (exact) mass is 408 g/mol. The lowest BCUT2D eigenvalue weighted by atomic mass is 10.2. The number of ether oxygens (including phenoxy) is 1. The Bertz CT molecular complexity index is 965. The van der Waals surface area contributed by atoms with E-state index in [9.17, 15) is 9.18 Å². The van der Waals surface area contributed by atoms with Crippen molar-refractivity contribution in [3.8, 4) is 0 Å². The number of methoxy groups -OCH3 is 1. The van der Waals surface area contributed by atoms with E-state index >= 15 is 0 Å². The van der Waals surface area contributed by atoms with E-state index in [-0.39, 0.29) is 11.7 Å². The minimum atomic E-state index is -0.347. The molecule has 0 saturated carbocycles. The van der Waals surface area contributed by atoms with Gasteiger partial charge in [0.2, 0.25) is 0 Å². The molecule has 3 rings (SSSR count). The first-order valence-electron chi connectivity index (χ1n) is 7.21. The quantitative estimate of drug-likeness (QED) is 0.654. The van der Waals surface area contributed by atoms with Crippen molar-refractivity contribution >= 4 is 43.4 Å². The van der Waals surface area contributed by atoms with E-state index in [1.165, 1.54) is 23.5 Å². The maximum atomic E-state index is 13.5. The van der Waals surface area contributed by atoms with Crippen LogP contribution in [0.4, 0.5) is 4.39 Å². The predicted molar refractivity (Wildman–Crippen MR) is 95.7 cm³/mol.